The molecule has 2 rings (SSSR count). The molecule has 2 aromatic rings. The molecule has 0 saturated carbocycles. The first-order valence-electron chi connectivity index (χ1n) is 6.07. The third-order valence-corrected chi connectivity index (χ3v) is 2.72. The van der Waals surface area contributed by atoms with Crippen LogP contribution in [0.1, 0.15) is 18.1 Å². The van der Waals surface area contributed by atoms with Crippen molar-refractivity contribution in [1.82, 2.24) is 0 Å². The van der Waals surface area contributed by atoms with Gasteiger partial charge >= 0.3 is 0 Å². The van der Waals surface area contributed by atoms with Gasteiger partial charge in [-0.1, -0.05) is 18.2 Å². The summed E-state index contributed by atoms with van der Waals surface area (Å²) in [7, 11) is 0. The summed E-state index contributed by atoms with van der Waals surface area (Å²) in [5, 5.41) is 0. The molecule has 2 aromatic carbocycles. The zero-order valence-corrected chi connectivity index (χ0v) is 10.4. The molecule has 0 aliphatic carbocycles. The molecule has 0 spiro atoms. The Morgan fingerprint density at radius 1 is 1.00 bits per heavy atom. The molecule has 2 nitrogen and oxygen atoms in total. The highest BCUT2D eigenvalue weighted by Crippen LogP contribution is 2.25. The highest BCUT2D eigenvalue weighted by Gasteiger charge is 2.13. The lowest BCUT2D eigenvalue weighted by atomic mass is 10.1. The Bertz CT molecular complexity index is 545. The summed E-state index contributed by atoms with van der Waals surface area (Å²) in [6, 6.07) is 12.0. The quantitative estimate of drug-likeness (QED) is 0.897. The van der Waals surface area contributed by atoms with E-state index < -0.39 is 0 Å². The van der Waals surface area contributed by atoms with Crippen LogP contribution in [-0.2, 0) is 0 Å². The van der Waals surface area contributed by atoms with Gasteiger partial charge < -0.3 is 10.5 Å². The second-order valence-corrected chi connectivity index (χ2v) is 4.20. The van der Waals surface area contributed by atoms with Crippen molar-refractivity contribution in [2.45, 2.75) is 12.5 Å². The van der Waals surface area contributed by atoms with Gasteiger partial charge in [0.15, 0.2) is 0 Å². The van der Waals surface area contributed by atoms with Gasteiger partial charge in [0.2, 0.25) is 0 Å². The summed E-state index contributed by atoms with van der Waals surface area (Å²) in [5.74, 6) is -0.298. The first-order valence-corrected chi connectivity index (χ1v) is 6.07. The number of halogens is 2. The van der Waals surface area contributed by atoms with Crippen LogP contribution in [0.4, 0.5) is 8.78 Å². The summed E-state index contributed by atoms with van der Waals surface area (Å²) in [5.41, 5.74) is 6.23. The van der Waals surface area contributed by atoms with Gasteiger partial charge in [-0.2, -0.15) is 0 Å². The van der Waals surface area contributed by atoms with E-state index in [0.29, 0.717) is 24.3 Å². The van der Waals surface area contributed by atoms with Crippen LogP contribution in [0.5, 0.6) is 5.75 Å². The zero-order chi connectivity index (χ0) is 13.7. The number of nitrogens with two attached hydrogens (primary N) is 1. The van der Waals surface area contributed by atoms with Crippen molar-refractivity contribution in [3.8, 4) is 5.75 Å². The second kappa shape index (κ2) is 6.29. The lowest BCUT2D eigenvalue weighted by Crippen LogP contribution is -2.13. The molecule has 0 radical (unpaired) electrons. The minimum absolute atomic E-state index is 0.331. The van der Waals surface area contributed by atoms with Gasteiger partial charge in [0.25, 0.3) is 0 Å². The highest BCUT2D eigenvalue weighted by molar-refractivity contribution is 5.25. The number of benzene rings is 2. The molecule has 2 N–H and O–H groups in total. The molecule has 0 heterocycles. The molecule has 19 heavy (non-hydrogen) atoms. The molecule has 0 saturated heterocycles. The van der Waals surface area contributed by atoms with Crippen LogP contribution in [0.3, 0.4) is 0 Å². The van der Waals surface area contributed by atoms with E-state index in [1.54, 1.807) is 24.3 Å². The SMILES string of the molecule is NCCC(Oc1cccc(F)c1)c1cccc(F)c1. The third-order valence-electron chi connectivity index (χ3n) is 2.72. The van der Waals surface area contributed by atoms with Crippen molar-refractivity contribution >= 4 is 0 Å². The van der Waals surface area contributed by atoms with Gasteiger partial charge in [0.1, 0.15) is 23.5 Å². The van der Waals surface area contributed by atoms with E-state index in [9.17, 15) is 8.78 Å². The van der Waals surface area contributed by atoms with Gasteiger partial charge in [-0.05, 0) is 36.4 Å². The number of hydrogen-bond donors (Lipinski definition) is 1. The molecule has 1 atom stereocenters. The molecular weight excluding hydrogens is 248 g/mol. The van der Waals surface area contributed by atoms with Gasteiger partial charge in [0, 0.05) is 12.5 Å². The third kappa shape index (κ3) is 3.76. The van der Waals surface area contributed by atoms with Crippen molar-refractivity contribution in [3.05, 3.63) is 65.7 Å². The van der Waals surface area contributed by atoms with Gasteiger partial charge in [0.05, 0.1) is 0 Å². The molecule has 0 fully saturated rings. The molecule has 4 heteroatoms. The van der Waals surface area contributed by atoms with Crippen molar-refractivity contribution in [1.29, 1.82) is 0 Å². The summed E-state index contributed by atoms with van der Waals surface area (Å²) in [4.78, 5) is 0. The predicted octanol–water partition coefficient (Wildman–Crippen LogP) is 3.43. The van der Waals surface area contributed by atoms with Gasteiger partial charge in [-0.25, -0.2) is 8.78 Å². The Hall–Kier alpha value is -1.94. The molecule has 100 valence electrons. The Morgan fingerprint density at radius 3 is 2.32 bits per heavy atom. The van der Waals surface area contributed by atoms with Crippen LogP contribution < -0.4 is 10.5 Å². The molecule has 0 aliphatic heterocycles. The monoisotopic (exact) mass is 263 g/mol. The zero-order valence-electron chi connectivity index (χ0n) is 10.4. The molecule has 0 bridgehead atoms. The maximum absolute atomic E-state index is 13.2. The largest absolute Gasteiger partial charge is 0.486 e. The molecule has 0 amide bonds. The normalized spacial score (nSPS) is 12.2. The Labute approximate surface area is 110 Å². The summed E-state index contributed by atoms with van der Waals surface area (Å²) in [6.45, 7) is 0.399. The fourth-order valence-electron chi connectivity index (χ4n) is 1.86. The van der Waals surface area contributed by atoms with Crippen molar-refractivity contribution in [3.63, 3.8) is 0 Å². The Morgan fingerprint density at radius 2 is 1.68 bits per heavy atom. The second-order valence-electron chi connectivity index (χ2n) is 4.20. The highest BCUT2D eigenvalue weighted by atomic mass is 19.1. The average molecular weight is 263 g/mol. The number of rotatable bonds is 5. The first-order chi connectivity index (χ1) is 9.19. The van der Waals surface area contributed by atoms with Gasteiger partial charge in [-0.3, -0.25) is 0 Å². The smallest absolute Gasteiger partial charge is 0.126 e. The van der Waals surface area contributed by atoms with E-state index in [-0.39, 0.29) is 17.7 Å². The lowest BCUT2D eigenvalue weighted by molar-refractivity contribution is 0.196. The van der Waals surface area contributed by atoms with E-state index >= 15 is 0 Å². The van der Waals surface area contributed by atoms with Crippen LogP contribution in [0.15, 0.2) is 48.5 Å². The Kier molecular flexibility index (Phi) is 4.47. The Balaban J connectivity index is 2.21. The van der Waals surface area contributed by atoms with Crippen LogP contribution >= 0.6 is 0 Å². The van der Waals surface area contributed by atoms with Crippen molar-refractivity contribution in [2.75, 3.05) is 6.54 Å². The van der Waals surface area contributed by atoms with Gasteiger partial charge in [-0.15, -0.1) is 0 Å². The van der Waals surface area contributed by atoms with E-state index in [2.05, 4.69) is 0 Å². The number of hydrogen-bond acceptors (Lipinski definition) is 2. The van der Waals surface area contributed by atoms with Crippen LogP contribution in [0, 0.1) is 11.6 Å². The fraction of sp³-hybridized carbons (Fsp3) is 0.200. The topological polar surface area (TPSA) is 35.2 Å². The summed E-state index contributed by atoms with van der Waals surface area (Å²) >= 11 is 0. The van der Waals surface area contributed by atoms with Crippen molar-refractivity contribution < 1.29 is 13.5 Å². The molecule has 0 aliphatic rings. The van der Waals surface area contributed by atoms with E-state index in [4.69, 9.17) is 10.5 Å². The first kappa shape index (κ1) is 13.5. The van der Waals surface area contributed by atoms with Crippen molar-refractivity contribution in [2.24, 2.45) is 5.73 Å². The maximum atomic E-state index is 13.2. The molecule has 1 unspecified atom stereocenters. The van der Waals surface area contributed by atoms with E-state index in [0.717, 1.165) is 0 Å². The predicted molar refractivity (Wildman–Crippen MR) is 69.8 cm³/mol. The van der Waals surface area contributed by atoms with E-state index in [1.165, 1.54) is 24.3 Å². The van der Waals surface area contributed by atoms with Crippen LogP contribution in [0.25, 0.3) is 0 Å². The fourth-order valence-corrected chi connectivity index (χ4v) is 1.86. The minimum Gasteiger partial charge on any atom is -0.486 e. The molecular formula is C15H15F2NO. The summed E-state index contributed by atoms with van der Waals surface area (Å²) < 4.78 is 32.0. The lowest BCUT2D eigenvalue weighted by Gasteiger charge is -2.19. The van der Waals surface area contributed by atoms with E-state index in [1.807, 2.05) is 0 Å². The molecule has 0 aromatic heterocycles. The number of ether oxygens (including phenoxy) is 1. The average Bonchev–Trinajstić information content (AvgIpc) is 2.38. The van der Waals surface area contributed by atoms with Crippen LogP contribution in [0.2, 0.25) is 0 Å². The maximum Gasteiger partial charge on any atom is 0.126 e. The summed E-state index contributed by atoms with van der Waals surface area (Å²) in [6.07, 6.45) is 0.141. The minimum atomic E-state index is -0.387. The standard InChI is InChI=1S/C15H15F2NO/c16-12-4-1-3-11(9-12)15(7-8-18)19-14-6-2-5-13(17)10-14/h1-6,9-10,15H,7-8,18H2. The van der Waals surface area contributed by atoms with Crippen LogP contribution in [-0.4, -0.2) is 6.54 Å².